The molecule has 1 saturated heterocycles. The molecule has 2 aliphatic rings. The summed E-state index contributed by atoms with van der Waals surface area (Å²) in [5.74, 6) is 0.601. The van der Waals surface area contributed by atoms with Gasteiger partial charge in [-0.3, -0.25) is 4.79 Å². The summed E-state index contributed by atoms with van der Waals surface area (Å²) in [5.41, 5.74) is 7.68. The monoisotopic (exact) mass is 286 g/mol. The summed E-state index contributed by atoms with van der Waals surface area (Å²) in [5, 5.41) is 7.23. The molecule has 21 heavy (non-hydrogen) atoms. The van der Waals surface area contributed by atoms with Crippen molar-refractivity contribution < 1.29 is 9.53 Å². The van der Waals surface area contributed by atoms with E-state index < -0.39 is 0 Å². The molecule has 2 atom stereocenters. The zero-order valence-electron chi connectivity index (χ0n) is 11.7. The van der Waals surface area contributed by atoms with Gasteiger partial charge in [0.1, 0.15) is 0 Å². The Hall–Kier alpha value is -2.08. The van der Waals surface area contributed by atoms with E-state index >= 15 is 0 Å². The van der Waals surface area contributed by atoms with Gasteiger partial charge in [0.25, 0.3) is 5.91 Å². The topological polar surface area (TPSA) is 81.7 Å². The highest BCUT2D eigenvalue weighted by Gasteiger charge is 2.38. The SMILES string of the molecule is Nc1ccn2ncc(C(=O)NC3COC(C4CC4)C3)c2c1. The van der Waals surface area contributed by atoms with Crippen molar-refractivity contribution in [1.82, 2.24) is 14.9 Å². The van der Waals surface area contributed by atoms with Gasteiger partial charge in [0.05, 0.1) is 36.0 Å². The molecule has 2 unspecified atom stereocenters. The Morgan fingerprint density at radius 1 is 1.48 bits per heavy atom. The fraction of sp³-hybridized carbons (Fsp3) is 0.467. The van der Waals surface area contributed by atoms with Gasteiger partial charge in [-0.25, -0.2) is 4.52 Å². The molecule has 0 radical (unpaired) electrons. The lowest BCUT2D eigenvalue weighted by Crippen LogP contribution is -2.35. The molecule has 1 amide bonds. The first kappa shape index (κ1) is 12.6. The number of fused-ring (bicyclic) bond motifs is 1. The largest absolute Gasteiger partial charge is 0.399 e. The predicted octanol–water partition coefficient (Wildman–Crippen LogP) is 1.21. The van der Waals surface area contributed by atoms with Gasteiger partial charge < -0.3 is 15.8 Å². The molecule has 0 spiro atoms. The summed E-state index contributed by atoms with van der Waals surface area (Å²) >= 11 is 0. The summed E-state index contributed by atoms with van der Waals surface area (Å²) in [6, 6.07) is 3.62. The van der Waals surface area contributed by atoms with Crippen molar-refractivity contribution in [3.8, 4) is 0 Å². The zero-order chi connectivity index (χ0) is 14.4. The first-order chi connectivity index (χ1) is 10.2. The number of nitrogens with zero attached hydrogens (tertiary/aromatic N) is 2. The Kier molecular flexibility index (Phi) is 2.85. The number of pyridine rings is 1. The molecule has 1 aliphatic carbocycles. The number of amides is 1. The van der Waals surface area contributed by atoms with E-state index in [1.807, 2.05) is 0 Å². The number of carbonyl (C=O) groups excluding carboxylic acids is 1. The van der Waals surface area contributed by atoms with Gasteiger partial charge in [-0.05, 0) is 37.3 Å². The lowest BCUT2D eigenvalue weighted by molar-refractivity contribution is 0.0867. The molecule has 2 fully saturated rings. The molecule has 1 saturated carbocycles. The fourth-order valence-electron chi connectivity index (χ4n) is 2.99. The van der Waals surface area contributed by atoms with Crippen molar-refractivity contribution in [3.63, 3.8) is 0 Å². The van der Waals surface area contributed by atoms with Gasteiger partial charge >= 0.3 is 0 Å². The molecule has 6 heteroatoms. The van der Waals surface area contributed by atoms with Crippen molar-refractivity contribution in [3.05, 3.63) is 30.1 Å². The number of anilines is 1. The van der Waals surface area contributed by atoms with E-state index in [0.717, 1.165) is 11.9 Å². The molecule has 110 valence electrons. The predicted molar refractivity (Wildman–Crippen MR) is 77.9 cm³/mol. The van der Waals surface area contributed by atoms with Crippen LogP contribution < -0.4 is 11.1 Å². The molecule has 6 nitrogen and oxygen atoms in total. The van der Waals surface area contributed by atoms with Crippen LogP contribution in [-0.4, -0.2) is 34.3 Å². The molecule has 0 bridgehead atoms. The van der Waals surface area contributed by atoms with E-state index in [1.165, 1.54) is 12.8 Å². The highest BCUT2D eigenvalue weighted by Crippen LogP contribution is 2.38. The Morgan fingerprint density at radius 3 is 3.14 bits per heavy atom. The van der Waals surface area contributed by atoms with Crippen LogP contribution in [0.4, 0.5) is 5.69 Å². The number of hydrogen-bond donors (Lipinski definition) is 2. The van der Waals surface area contributed by atoms with Crippen LogP contribution in [0.2, 0.25) is 0 Å². The van der Waals surface area contributed by atoms with Crippen molar-refractivity contribution in [2.75, 3.05) is 12.3 Å². The third-order valence-electron chi connectivity index (χ3n) is 4.30. The lowest BCUT2D eigenvalue weighted by atomic mass is 10.1. The van der Waals surface area contributed by atoms with Gasteiger partial charge in [-0.15, -0.1) is 0 Å². The second kappa shape index (κ2) is 4.73. The van der Waals surface area contributed by atoms with E-state index in [2.05, 4.69) is 10.4 Å². The average Bonchev–Trinajstić information content (AvgIpc) is 3.07. The number of carbonyl (C=O) groups is 1. The average molecular weight is 286 g/mol. The van der Waals surface area contributed by atoms with Crippen molar-refractivity contribution in [2.45, 2.75) is 31.4 Å². The van der Waals surface area contributed by atoms with Crippen molar-refractivity contribution in [2.24, 2.45) is 5.92 Å². The first-order valence-electron chi connectivity index (χ1n) is 7.36. The molecule has 4 rings (SSSR count). The normalized spacial score (nSPS) is 25.3. The Morgan fingerprint density at radius 2 is 2.33 bits per heavy atom. The molecule has 3 heterocycles. The molecular formula is C15H18N4O2. The van der Waals surface area contributed by atoms with Gasteiger partial charge in [-0.2, -0.15) is 5.10 Å². The second-order valence-electron chi connectivity index (χ2n) is 5.96. The number of ether oxygens (including phenoxy) is 1. The van der Waals surface area contributed by atoms with Gasteiger partial charge in [0.15, 0.2) is 0 Å². The summed E-state index contributed by atoms with van der Waals surface area (Å²) in [4.78, 5) is 12.4. The minimum atomic E-state index is -0.111. The molecule has 0 aromatic carbocycles. The zero-order valence-corrected chi connectivity index (χ0v) is 11.7. The number of nitrogens with two attached hydrogens (primary N) is 1. The van der Waals surface area contributed by atoms with Crippen molar-refractivity contribution in [1.29, 1.82) is 0 Å². The smallest absolute Gasteiger partial charge is 0.255 e. The molecular weight excluding hydrogens is 268 g/mol. The molecule has 3 N–H and O–H groups in total. The van der Waals surface area contributed by atoms with Crippen LogP contribution in [-0.2, 0) is 4.74 Å². The standard InChI is InChI=1S/C15H18N4O2/c16-10-3-4-19-13(5-10)12(7-17-19)15(20)18-11-6-14(21-8-11)9-1-2-9/h3-5,7,9,11,14H,1-2,6,8,16H2,(H,18,20). The highest BCUT2D eigenvalue weighted by molar-refractivity contribution is 6.01. The maximum atomic E-state index is 12.4. The summed E-state index contributed by atoms with van der Waals surface area (Å²) in [7, 11) is 0. The Labute approximate surface area is 122 Å². The van der Waals surface area contributed by atoms with Gasteiger partial charge in [0, 0.05) is 11.9 Å². The van der Waals surface area contributed by atoms with E-state index in [4.69, 9.17) is 10.5 Å². The minimum absolute atomic E-state index is 0.0964. The lowest BCUT2D eigenvalue weighted by Gasteiger charge is -2.10. The van der Waals surface area contributed by atoms with Crippen LogP contribution in [0.25, 0.3) is 5.52 Å². The first-order valence-corrected chi connectivity index (χ1v) is 7.36. The van der Waals surface area contributed by atoms with Crippen LogP contribution in [0, 0.1) is 5.92 Å². The number of hydrogen-bond acceptors (Lipinski definition) is 4. The molecule has 1 aliphatic heterocycles. The quantitative estimate of drug-likeness (QED) is 0.888. The van der Waals surface area contributed by atoms with Crippen LogP contribution in [0.1, 0.15) is 29.6 Å². The number of aromatic nitrogens is 2. The van der Waals surface area contributed by atoms with Crippen LogP contribution >= 0.6 is 0 Å². The maximum Gasteiger partial charge on any atom is 0.255 e. The number of rotatable bonds is 3. The van der Waals surface area contributed by atoms with E-state index in [0.29, 0.717) is 29.9 Å². The highest BCUT2D eigenvalue weighted by atomic mass is 16.5. The van der Waals surface area contributed by atoms with Gasteiger partial charge in [-0.1, -0.05) is 0 Å². The van der Waals surface area contributed by atoms with E-state index in [1.54, 1.807) is 29.0 Å². The van der Waals surface area contributed by atoms with Gasteiger partial charge in [0.2, 0.25) is 0 Å². The third-order valence-corrected chi connectivity index (χ3v) is 4.30. The summed E-state index contributed by atoms with van der Waals surface area (Å²) in [6.45, 7) is 0.605. The van der Waals surface area contributed by atoms with Crippen LogP contribution in [0.3, 0.4) is 0 Å². The number of nitrogens with one attached hydrogen (secondary N) is 1. The van der Waals surface area contributed by atoms with E-state index in [9.17, 15) is 4.79 Å². The van der Waals surface area contributed by atoms with Crippen LogP contribution in [0.5, 0.6) is 0 Å². The Bertz CT molecular complexity index is 692. The maximum absolute atomic E-state index is 12.4. The minimum Gasteiger partial charge on any atom is -0.399 e. The second-order valence-corrected chi connectivity index (χ2v) is 5.96. The molecule has 2 aromatic rings. The third kappa shape index (κ3) is 2.35. The number of nitrogen functional groups attached to an aromatic ring is 1. The molecule has 2 aromatic heterocycles. The summed E-state index contributed by atoms with van der Waals surface area (Å²) in [6.07, 6.45) is 7.10. The Balaban J connectivity index is 1.50. The van der Waals surface area contributed by atoms with E-state index in [-0.39, 0.29) is 11.9 Å². The fourth-order valence-corrected chi connectivity index (χ4v) is 2.99. The van der Waals surface area contributed by atoms with Crippen molar-refractivity contribution >= 4 is 17.1 Å². The van der Waals surface area contributed by atoms with Crippen LogP contribution in [0.15, 0.2) is 24.5 Å². The summed E-state index contributed by atoms with van der Waals surface area (Å²) < 4.78 is 7.41.